The molecular weight excluding hydrogens is 324 g/mol. The number of nitrogens with zero attached hydrogens (tertiary/aromatic N) is 2. The first-order chi connectivity index (χ1) is 12.8. The second kappa shape index (κ2) is 7.44. The molecule has 2 amide bonds. The minimum Gasteiger partial charge on any atom is -0.324 e. The number of H-pyrrole nitrogens is 1. The van der Waals surface area contributed by atoms with Crippen molar-refractivity contribution < 1.29 is 4.79 Å². The van der Waals surface area contributed by atoms with Gasteiger partial charge in [0.15, 0.2) is 0 Å². The Morgan fingerprint density at radius 3 is 2.77 bits per heavy atom. The molecule has 1 aliphatic heterocycles. The Morgan fingerprint density at radius 2 is 1.96 bits per heavy atom. The molecule has 2 aromatic carbocycles. The summed E-state index contributed by atoms with van der Waals surface area (Å²) in [7, 11) is 0. The fraction of sp³-hybridized carbons (Fsp3) is 0.238. The molecule has 0 spiro atoms. The molecule has 2 N–H and O–H groups in total. The Kier molecular flexibility index (Phi) is 4.69. The van der Waals surface area contributed by atoms with Crippen LogP contribution in [0.2, 0.25) is 0 Å². The van der Waals surface area contributed by atoms with Crippen LogP contribution in [0.3, 0.4) is 0 Å². The van der Waals surface area contributed by atoms with E-state index in [0.717, 1.165) is 42.7 Å². The highest BCUT2D eigenvalue weighted by Gasteiger charge is 2.26. The fourth-order valence-electron chi connectivity index (χ4n) is 3.57. The van der Waals surface area contributed by atoms with Crippen LogP contribution >= 0.6 is 0 Å². The quantitative estimate of drug-likeness (QED) is 0.745. The second-order valence-electron chi connectivity index (χ2n) is 6.75. The molecular formula is C21H22N4O. The molecule has 132 valence electrons. The molecule has 0 bridgehead atoms. The number of carbonyl (C=O) groups excluding carboxylic acids is 1. The van der Waals surface area contributed by atoms with Gasteiger partial charge >= 0.3 is 6.03 Å². The van der Waals surface area contributed by atoms with Crippen LogP contribution in [0.4, 0.5) is 10.5 Å². The Hall–Kier alpha value is -3.08. The summed E-state index contributed by atoms with van der Waals surface area (Å²) in [6.45, 7) is 1.60. The fourth-order valence-corrected chi connectivity index (χ4v) is 3.57. The smallest absolute Gasteiger partial charge is 0.321 e. The average molecular weight is 346 g/mol. The van der Waals surface area contributed by atoms with Gasteiger partial charge in [0.2, 0.25) is 0 Å². The lowest BCUT2D eigenvalue weighted by Crippen LogP contribution is -2.33. The molecule has 1 aromatic heterocycles. The van der Waals surface area contributed by atoms with Crippen LogP contribution in [-0.2, 0) is 6.42 Å². The molecule has 0 unspecified atom stereocenters. The molecule has 0 saturated carbocycles. The van der Waals surface area contributed by atoms with Crippen LogP contribution in [0, 0.1) is 5.92 Å². The minimum atomic E-state index is -0.0310. The predicted octanol–water partition coefficient (Wildman–Crippen LogP) is 4.17. The van der Waals surface area contributed by atoms with E-state index in [9.17, 15) is 4.79 Å². The Bertz CT molecular complexity index is 861. The van der Waals surface area contributed by atoms with Crippen molar-refractivity contribution in [3.05, 3.63) is 72.6 Å². The number of aromatic nitrogens is 2. The van der Waals surface area contributed by atoms with E-state index in [4.69, 9.17) is 0 Å². The SMILES string of the molecule is O=C(Nc1ccccc1-c1cn[nH]c1)N1CC[C@H](Cc2ccccc2)C1. The molecule has 5 nitrogen and oxygen atoms in total. The number of hydrogen-bond acceptors (Lipinski definition) is 2. The number of aromatic amines is 1. The lowest BCUT2D eigenvalue weighted by atomic mass is 9.99. The summed E-state index contributed by atoms with van der Waals surface area (Å²) >= 11 is 0. The van der Waals surface area contributed by atoms with E-state index in [1.165, 1.54) is 5.56 Å². The van der Waals surface area contributed by atoms with Gasteiger partial charge in [0.1, 0.15) is 0 Å². The monoisotopic (exact) mass is 346 g/mol. The lowest BCUT2D eigenvalue weighted by Gasteiger charge is -2.19. The predicted molar refractivity (Wildman–Crippen MR) is 103 cm³/mol. The van der Waals surface area contributed by atoms with Gasteiger partial charge in [-0.05, 0) is 30.4 Å². The van der Waals surface area contributed by atoms with Gasteiger partial charge in [-0.1, -0.05) is 48.5 Å². The second-order valence-corrected chi connectivity index (χ2v) is 6.75. The number of nitrogens with one attached hydrogen (secondary N) is 2. The topological polar surface area (TPSA) is 61.0 Å². The van der Waals surface area contributed by atoms with E-state index in [1.807, 2.05) is 41.4 Å². The molecule has 5 heteroatoms. The molecule has 4 rings (SSSR count). The van der Waals surface area contributed by atoms with E-state index in [1.54, 1.807) is 6.20 Å². The first kappa shape index (κ1) is 16.4. The third-order valence-electron chi connectivity index (χ3n) is 4.92. The standard InChI is InChI=1S/C21H22N4O/c26-21(24-20-9-5-4-8-19(20)18-13-22-23-14-18)25-11-10-17(15-25)12-16-6-2-1-3-7-16/h1-9,13-14,17H,10-12,15H2,(H,22,23)(H,24,26)/t17-/m1/s1. The lowest BCUT2D eigenvalue weighted by molar-refractivity contribution is 0.221. The number of carbonyl (C=O) groups is 1. The van der Waals surface area contributed by atoms with Crippen molar-refractivity contribution in [1.29, 1.82) is 0 Å². The summed E-state index contributed by atoms with van der Waals surface area (Å²) in [4.78, 5) is 14.6. The molecule has 26 heavy (non-hydrogen) atoms. The van der Waals surface area contributed by atoms with Crippen LogP contribution in [0.5, 0.6) is 0 Å². The summed E-state index contributed by atoms with van der Waals surface area (Å²) in [6, 6.07) is 18.3. The normalized spacial score (nSPS) is 16.6. The van der Waals surface area contributed by atoms with Crippen LogP contribution in [-0.4, -0.2) is 34.2 Å². The van der Waals surface area contributed by atoms with E-state index >= 15 is 0 Å². The first-order valence-corrected chi connectivity index (χ1v) is 8.97. The summed E-state index contributed by atoms with van der Waals surface area (Å²) in [5.74, 6) is 0.521. The van der Waals surface area contributed by atoms with Gasteiger partial charge in [0.25, 0.3) is 0 Å². The highest BCUT2D eigenvalue weighted by Crippen LogP contribution is 2.28. The van der Waals surface area contributed by atoms with Gasteiger partial charge < -0.3 is 10.2 Å². The number of anilines is 1. The molecule has 1 fully saturated rings. The van der Waals surface area contributed by atoms with Gasteiger partial charge in [0.05, 0.1) is 11.9 Å². The third kappa shape index (κ3) is 3.61. The highest BCUT2D eigenvalue weighted by molar-refractivity contribution is 5.94. The van der Waals surface area contributed by atoms with Crippen molar-refractivity contribution in [2.24, 2.45) is 5.92 Å². The average Bonchev–Trinajstić information content (AvgIpc) is 3.35. The maximum Gasteiger partial charge on any atom is 0.321 e. The molecule has 1 saturated heterocycles. The van der Waals surface area contributed by atoms with Crippen molar-refractivity contribution in [3.63, 3.8) is 0 Å². The van der Waals surface area contributed by atoms with E-state index in [0.29, 0.717) is 5.92 Å². The molecule has 0 aliphatic carbocycles. The number of para-hydroxylation sites is 1. The Morgan fingerprint density at radius 1 is 1.15 bits per heavy atom. The zero-order valence-electron chi connectivity index (χ0n) is 14.6. The zero-order valence-corrected chi connectivity index (χ0v) is 14.6. The van der Waals surface area contributed by atoms with E-state index < -0.39 is 0 Å². The van der Waals surface area contributed by atoms with Crippen LogP contribution < -0.4 is 5.32 Å². The van der Waals surface area contributed by atoms with Crippen LogP contribution in [0.1, 0.15) is 12.0 Å². The largest absolute Gasteiger partial charge is 0.324 e. The summed E-state index contributed by atoms with van der Waals surface area (Å²) < 4.78 is 0. The van der Waals surface area contributed by atoms with Crippen molar-refractivity contribution in [2.75, 3.05) is 18.4 Å². The summed E-state index contributed by atoms with van der Waals surface area (Å²) in [5, 5.41) is 9.89. The van der Waals surface area contributed by atoms with Gasteiger partial charge in [-0.25, -0.2) is 4.79 Å². The third-order valence-corrected chi connectivity index (χ3v) is 4.92. The van der Waals surface area contributed by atoms with Gasteiger partial charge in [-0.3, -0.25) is 5.10 Å². The van der Waals surface area contributed by atoms with Crippen LogP contribution in [0.15, 0.2) is 67.0 Å². The molecule has 1 aliphatic rings. The first-order valence-electron chi connectivity index (χ1n) is 8.97. The van der Waals surface area contributed by atoms with Gasteiger partial charge in [-0.2, -0.15) is 5.10 Å². The molecule has 2 heterocycles. The number of benzene rings is 2. The highest BCUT2D eigenvalue weighted by atomic mass is 16.2. The Labute approximate surface area is 153 Å². The van der Waals surface area contributed by atoms with Crippen molar-refractivity contribution >= 4 is 11.7 Å². The number of hydrogen-bond donors (Lipinski definition) is 2. The maximum atomic E-state index is 12.7. The number of amides is 2. The zero-order chi connectivity index (χ0) is 17.8. The van der Waals surface area contributed by atoms with Crippen molar-refractivity contribution in [2.45, 2.75) is 12.8 Å². The number of rotatable bonds is 4. The van der Waals surface area contributed by atoms with E-state index in [-0.39, 0.29) is 6.03 Å². The molecule has 3 aromatic rings. The Balaban J connectivity index is 1.40. The van der Waals surface area contributed by atoms with Crippen LogP contribution in [0.25, 0.3) is 11.1 Å². The number of urea groups is 1. The molecule has 1 atom stereocenters. The minimum absolute atomic E-state index is 0.0310. The van der Waals surface area contributed by atoms with Crippen molar-refractivity contribution in [3.8, 4) is 11.1 Å². The maximum absolute atomic E-state index is 12.7. The van der Waals surface area contributed by atoms with E-state index in [2.05, 4.69) is 39.8 Å². The summed E-state index contributed by atoms with van der Waals surface area (Å²) in [6.07, 6.45) is 5.66. The van der Waals surface area contributed by atoms with Gasteiger partial charge in [-0.15, -0.1) is 0 Å². The van der Waals surface area contributed by atoms with Crippen molar-refractivity contribution in [1.82, 2.24) is 15.1 Å². The summed E-state index contributed by atoms with van der Waals surface area (Å²) in [5.41, 5.74) is 4.08. The number of likely N-dealkylation sites (tertiary alicyclic amines) is 1. The van der Waals surface area contributed by atoms with Gasteiger partial charge in [0, 0.05) is 30.4 Å². The molecule has 0 radical (unpaired) electrons.